The molecule has 0 amide bonds. The van der Waals surface area contributed by atoms with E-state index in [1.54, 1.807) is 18.2 Å². The van der Waals surface area contributed by atoms with Crippen molar-refractivity contribution in [3.8, 4) is 24.2 Å². The zero-order chi connectivity index (χ0) is 76.0. The zero-order valence-electron chi connectivity index (χ0n) is 59.3. The van der Waals surface area contributed by atoms with Crippen LogP contribution < -0.4 is 45.7 Å². The van der Waals surface area contributed by atoms with Crippen LogP contribution in [-0.2, 0) is 58.5 Å². The molecule has 6 aliphatic heterocycles. The first-order valence-electron chi connectivity index (χ1n) is 32.9. The van der Waals surface area contributed by atoms with Crippen LogP contribution in [0.25, 0.3) is 0 Å². The van der Waals surface area contributed by atoms with Crippen molar-refractivity contribution in [3.63, 3.8) is 0 Å². The highest BCUT2D eigenvalue weighted by Gasteiger charge is 2.43. The number of carbonyl (C=O) groups excluding carboxylic acids is 1. The number of ether oxygens (including phenoxy) is 7. The van der Waals surface area contributed by atoms with Gasteiger partial charge >= 0.3 is 40.7 Å². The minimum absolute atomic E-state index is 0.0554. The quantitative estimate of drug-likeness (QED) is 0.0597. The third kappa shape index (κ3) is 25.5. The molecule has 36 heteroatoms. The van der Waals surface area contributed by atoms with Crippen molar-refractivity contribution >= 4 is 81.7 Å². The normalized spacial score (nSPS) is 20.8. The molecule has 3 aromatic carbocycles. The minimum Gasteiger partial charge on any atom is -0.474 e. The summed E-state index contributed by atoms with van der Waals surface area (Å²) in [5.41, 5.74) is 5.68. The van der Waals surface area contributed by atoms with E-state index in [1.165, 1.54) is 37.2 Å². The number of nitriles is 1. The molecule has 6 aliphatic rings. The molecule has 0 radical (unpaired) electrons. The van der Waals surface area contributed by atoms with Crippen molar-refractivity contribution in [1.82, 2.24) is 50.7 Å². The summed E-state index contributed by atoms with van der Waals surface area (Å²) in [6.07, 6.45) is 9.45. The number of nitrogens with zero attached hydrogens (tertiary/aromatic N) is 10. The van der Waals surface area contributed by atoms with Gasteiger partial charge in [0.2, 0.25) is 17.6 Å². The Morgan fingerprint density at radius 3 is 1.13 bits per heavy atom. The SMILES string of the molecule is C#N.CC(C)(C)OC=O.Cc1ccc(Nc2ncnc(OC3CC4COCC(C3)N4)c2C)c(F)c1.Cc1ccc(Nc2ncnc(OC3CC4COCC(C3)N4)c2C)c(F)c1.Cc1ccc(Nc2ncnc(OC3CC4COCC(C3)N4c3nc(C(C)C)no3)c2C)c(F)c1.O=S=O.O=S=O.O=S=O. The zero-order valence-corrected chi connectivity index (χ0v) is 61.7. The third-order valence-electron chi connectivity index (χ3n) is 16.5. The predicted molar refractivity (Wildman–Crippen MR) is 377 cm³/mol. The Balaban J connectivity index is 0.000000221. The molecule has 7 aromatic rings. The van der Waals surface area contributed by atoms with Crippen LogP contribution in [0.4, 0.5) is 53.7 Å². The van der Waals surface area contributed by atoms with E-state index in [4.69, 9.17) is 63.5 Å². The van der Waals surface area contributed by atoms with E-state index >= 15 is 0 Å². The molecular weight excluding hydrogens is 1420 g/mol. The van der Waals surface area contributed by atoms with Gasteiger partial charge in [-0.3, -0.25) is 4.79 Å². The van der Waals surface area contributed by atoms with Crippen LogP contribution in [0.15, 0.2) is 78.1 Å². The average Bonchev–Trinajstić information content (AvgIpc) is 1.35. The lowest BCUT2D eigenvalue weighted by atomic mass is 9.92. The molecule has 0 aliphatic carbocycles. The summed E-state index contributed by atoms with van der Waals surface area (Å²) in [6, 6.07) is 17.1. The minimum atomic E-state index is -0.750. The van der Waals surface area contributed by atoms with E-state index in [0.717, 1.165) is 98.3 Å². The number of hydrogen-bond donors (Lipinski definition) is 5. The number of aryl methyl sites for hydroxylation is 3. The fourth-order valence-electron chi connectivity index (χ4n) is 11.8. The van der Waals surface area contributed by atoms with Crippen molar-refractivity contribution in [2.75, 3.05) is 60.5 Å². The van der Waals surface area contributed by atoms with Crippen molar-refractivity contribution in [2.24, 2.45) is 0 Å². The van der Waals surface area contributed by atoms with E-state index in [2.05, 4.69) is 82.8 Å². The van der Waals surface area contributed by atoms with E-state index < -0.39 is 34.7 Å². The Bertz CT molecular complexity index is 3860. The van der Waals surface area contributed by atoms with E-state index in [0.29, 0.717) is 108 Å². The molecule has 6 saturated heterocycles. The van der Waals surface area contributed by atoms with Gasteiger partial charge in [-0.1, -0.05) is 37.2 Å². The Morgan fingerprint density at radius 2 is 0.856 bits per heavy atom. The van der Waals surface area contributed by atoms with Crippen LogP contribution in [0.1, 0.15) is 118 Å². The first-order valence-corrected chi connectivity index (χ1v) is 34.9. The lowest BCUT2D eigenvalue weighted by Crippen LogP contribution is -2.59. The second kappa shape index (κ2) is 41.8. The molecule has 0 saturated carbocycles. The maximum absolute atomic E-state index is 14.3. The second-order valence-corrected chi connectivity index (χ2v) is 26.4. The number of morpholine rings is 3. The fraction of sp³-hybridized carbons (Fsp3) is 0.500. The predicted octanol–water partition coefficient (Wildman–Crippen LogP) is 9.13. The van der Waals surface area contributed by atoms with Crippen LogP contribution >= 0.6 is 0 Å². The van der Waals surface area contributed by atoms with Gasteiger partial charge in [0.05, 0.1) is 85.5 Å². The van der Waals surface area contributed by atoms with Crippen LogP contribution in [0.3, 0.4) is 0 Å². The molecule has 6 atom stereocenters. The van der Waals surface area contributed by atoms with Crippen molar-refractivity contribution < 1.29 is 80.9 Å². The molecule has 6 bridgehead atoms. The van der Waals surface area contributed by atoms with Gasteiger partial charge in [-0.2, -0.15) is 30.2 Å². The highest BCUT2D eigenvalue weighted by atomic mass is 32.1. The standard InChI is InChI=1S/C24H29FN6O3.2C19H23FN4O2.C5H10O2.CHN.3O2S/c1-13(2)21-29-24(34-30-21)31-16-8-18(9-17(31)11-32-10-16)33-23-15(4)22(26-12-27-23)28-20-6-5-14(3)7-19(20)25;2*1-11-3-4-17(16(20)5-11)24-18-12(2)19(22-10-21-18)26-15-6-13-8-25-9-14(7-15)23-13;1-5(2,3)7-4-6;1-2;3*1-3-2/h5-7,12-13,16-18H,8-11H2,1-4H3,(H,26,27,28);2*3-5,10,13-15,23H,6-9H2,1-2H3,(H,21,22,24);4H,1-3H3;1H;;;. The molecule has 104 heavy (non-hydrogen) atoms. The molecule has 6 unspecified atom stereocenters. The summed E-state index contributed by atoms with van der Waals surface area (Å²) in [5.74, 6) is 3.14. The van der Waals surface area contributed by atoms with Crippen LogP contribution in [-0.4, -0.2) is 172 Å². The van der Waals surface area contributed by atoms with Gasteiger partial charge in [0.1, 0.15) is 77.8 Å². The van der Waals surface area contributed by atoms with Gasteiger partial charge in [0.15, 0.2) is 5.82 Å². The molecule has 4 aromatic heterocycles. The second-order valence-electron chi connectivity index (χ2n) is 26.0. The van der Waals surface area contributed by atoms with Gasteiger partial charge in [-0.25, -0.2) is 48.3 Å². The lowest BCUT2D eigenvalue weighted by Gasteiger charge is -2.47. The van der Waals surface area contributed by atoms with Crippen LogP contribution in [0.2, 0.25) is 0 Å². The summed E-state index contributed by atoms with van der Waals surface area (Å²) in [4.78, 5) is 42.1. The Kier molecular flexibility index (Phi) is 33.6. The number of carbonyl (C=O) groups is 1. The molecule has 6 fully saturated rings. The number of halogens is 3. The topological polar surface area (TPSA) is 388 Å². The summed E-state index contributed by atoms with van der Waals surface area (Å²) in [6.45, 7) is 28.7. The average molecular weight is 1510 g/mol. The molecule has 5 N–H and O–H groups in total. The van der Waals surface area contributed by atoms with Crippen LogP contribution in [0.5, 0.6) is 17.6 Å². The number of nitrogens with one attached hydrogen (secondary N) is 5. The van der Waals surface area contributed by atoms with Crippen molar-refractivity contribution in [1.29, 1.82) is 5.26 Å². The highest BCUT2D eigenvalue weighted by molar-refractivity contribution is 7.52. The number of hydrogen-bond acceptors (Lipinski definition) is 30. The van der Waals surface area contributed by atoms with Crippen molar-refractivity contribution in [2.45, 2.75) is 181 Å². The van der Waals surface area contributed by atoms with E-state index in [1.807, 2.05) is 94.4 Å². The number of rotatable bonds is 15. The number of benzene rings is 3. The maximum atomic E-state index is 14.3. The largest absolute Gasteiger partial charge is 0.474 e. The number of aromatic nitrogens is 8. The summed E-state index contributed by atoms with van der Waals surface area (Å²) >= 11 is -2.25. The summed E-state index contributed by atoms with van der Waals surface area (Å²) < 4.78 is 138. The maximum Gasteiger partial charge on any atom is 0.335 e. The molecule has 30 nitrogen and oxygen atoms in total. The van der Waals surface area contributed by atoms with Gasteiger partial charge in [0, 0.05) is 75.2 Å². The first-order chi connectivity index (χ1) is 49.8. The lowest BCUT2D eigenvalue weighted by molar-refractivity contribution is -0.138. The van der Waals surface area contributed by atoms with Gasteiger partial charge < -0.3 is 69.2 Å². The van der Waals surface area contributed by atoms with E-state index in [9.17, 15) is 18.0 Å². The Morgan fingerprint density at radius 1 is 0.538 bits per heavy atom. The van der Waals surface area contributed by atoms with Crippen LogP contribution in [0, 0.1) is 70.8 Å². The Labute approximate surface area is 611 Å². The molecule has 0 spiro atoms. The molecule has 10 heterocycles. The van der Waals surface area contributed by atoms with Gasteiger partial charge in [-0.05, 0) is 115 Å². The molecular formula is C68H86F3N15O15S3. The smallest absolute Gasteiger partial charge is 0.335 e. The highest BCUT2D eigenvalue weighted by Crippen LogP contribution is 2.37. The van der Waals surface area contributed by atoms with E-state index in [-0.39, 0.29) is 59.4 Å². The molecule has 13 rings (SSSR count). The number of piperidine rings is 3. The Hall–Kier alpha value is -9.35. The molecule has 562 valence electrons. The number of fused-ring (bicyclic) bond motifs is 6. The fourth-order valence-corrected chi connectivity index (χ4v) is 11.8. The number of anilines is 7. The van der Waals surface area contributed by atoms with Gasteiger partial charge in [-0.15, -0.1) is 0 Å². The monoisotopic (exact) mass is 1510 g/mol. The van der Waals surface area contributed by atoms with Gasteiger partial charge in [0.25, 0.3) is 6.47 Å². The summed E-state index contributed by atoms with van der Waals surface area (Å²) in [5, 5.41) is 26.9. The third-order valence-corrected chi connectivity index (χ3v) is 16.5. The van der Waals surface area contributed by atoms with Crippen molar-refractivity contribution in [3.05, 3.63) is 130 Å². The summed E-state index contributed by atoms with van der Waals surface area (Å²) in [7, 11) is 0. The first kappa shape index (κ1) is 83.6.